The van der Waals surface area contributed by atoms with E-state index < -0.39 is 0 Å². The molecule has 2 aromatic rings. The molecule has 1 aromatic carbocycles. The van der Waals surface area contributed by atoms with Crippen molar-refractivity contribution >= 4 is 5.91 Å². The van der Waals surface area contributed by atoms with E-state index in [2.05, 4.69) is 27.3 Å². The maximum absolute atomic E-state index is 12.5. The smallest absolute Gasteiger partial charge is 0.251 e. The molecule has 1 N–H and O–H groups in total. The summed E-state index contributed by atoms with van der Waals surface area (Å²) in [5, 5.41) is 10.7. The second kappa shape index (κ2) is 6.33. The molecule has 2 aliphatic heterocycles. The molecule has 0 radical (unpaired) electrons. The van der Waals surface area contributed by atoms with Crippen molar-refractivity contribution in [2.75, 3.05) is 19.7 Å². The first-order chi connectivity index (χ1) is 11.7. The van der Waals surface area contributed by atoms with Crippen LogP contribution in [0, 0.1) is 0 Å². The van der Waals surface area contributed by atoms with Crippen molar-refractivity contribution < 1.29 is 9.53 Å². The Kier molecular flexibility index (Phi) is 4.03. The topological polar surface area (TPSA) is 72.3 Å². The van der Waals surface area contributed by atoms with Gasteiger partial charge in [0.25, 0.3) is 5.91 Å². The lowest BCUT2D eigenvalue weighted by Gasteiger charge is -2.33. The number of aromatic nitrogens is 3. The minimum atomic E-state index is -0.0240. The number of fused-ring (bicyclic) bond motifs is 1. The average Bonchev–Trinajstić information content (AvgIpc) is 3.23. The number of carbonyl (C=O) groups is 1. The molecule has 0 unspecified atom stereocenters. The fraction of sp³-hybridized carbons (Fsp3) is 0.471. The molecule has 2 saturated heterocycles. The van der Waals surface area contributed by atoms with Gasteiger partial charge < -0.3 is 10.1 Å². The van der Waals surface area contributed by atoms with E-state index >= 15 is 0 Å². The average molecular weight is 327 g/mol. The highest BCUT2D eigenvalue weighted by Gasteiger charge is 2.36. The van der Waals surface area contributed by atoms with E-state index in [-0.39, 0.29) is 18.1 Å². The Morgan fingerprint density at radius 2 is 1.96 bits per heavy atom. The van der Waals surface area contributed by atoms with E-state index in [0.717, 1.165) is 31.8 Å². The maximum atomic E-state index is 12.5. The first kappa shape index (κ1) is 15.3. The van der Waals surface area contributed by atoms with Crippen molar-refractivity contribution in [2.45, 2.75) is 31.5 Å². The van der Waals surface area contributed by atoms with Gasteiger partial charge in [-0.15, -0.1) is 10.2 Å². The van der Waals surface area contributed by atoms with Gasteiger partial charge in [-0.1, -0.05) is 0 Å². The van der Waals surface area contributed by atoms with Gasteiger partial charge in [-0.25, -0.2) is 0 Å². The molecule has 1 aromatic heterocycles. The molecule has 2 aliphatic rings. The number of benzene rings is 1. The van der Waals surface area contributed by atoms with Crippen molar-refractivity contribution in [3.8, 4) is 5.69 Å². The molecule has 0 aliphatic carbocycles. The van der Waals surface area contributed by atoms with Crippen LogP contribution in [-0.4, -0.2) is 63.5 Å². The summed E-state index contributed by atoms with van der Waals surface area (Å²) in [6.45, 7) is 4.72. The molecule has 0 bridgehead atoms. The van der Waals surface area contributed by atoms with Crippen LogP contribution in [0.4, 0.5) is 0 Å². The molecular formula is C17H21N5O2. The van der Waals surface area contributed by atoms with Crippen LogP contribution < -0.4 is 5.32 Å². The van der Waals surface area contributed by atoms with Gasteiger partial charge >= 0.3 is 0 Å². The first-order valence-electron chi connectivity index (χ1n) is 8.30. The summed E-state index contributed by atoms with van der Waals surface area (Å²) < 4.78 is 7.51. The quantitative estimate of drug-likeness (QED) is 0.905. The fourth-order valence-corrected chi connectivity index (χ4v) is 3.53. The number of carbonyl (C=O) groups excluding carboxylic acids is 1. The third-order valence-electron chi connectivity index (χ3n) is 4.77. The lowest BCUT2D eigenvalue weighted by Crippen LogP contribution is -2.45. The fourth-order valence-electron chi connectivity index (χ4n) is 3.53. The molecule has 0 spiro atoms. The van der Waals surface area contributed by atoms with E-state index in [0.29, 0.717) is 11.6 Å². The first-order valence-corrected chi connectivity index (χ1v) is 8.30. The number of hydrogen-bond acceptors (Lipinski definition) is 5. The number of morpholine rings is 1. The zero-order valence-electron chi connectivity index (χ0n) is 13.6. The lowest BCUT2D eigenvalue weighted by atomic mass is 10.1. The third kappa shape index (κ3) is 3.05. The Hall–Kier alpha value is -2.25. The predicted octanol–water partition coefficient (Wildman–Crippen LogP) is 0.859. The highest BCUT2D eigenvalue weighted by molar-refractivity contribution is 5.94. The molecular weight excluding hydrogens is 306 g/mol. The Labute approximate surface area is 140 Å². The Balaban J connectivity index is 1.38. The monoisotopic (exact) mass is 327 g/mol. The van der Waals surface area contributed by atoms with Gasteiger partial charge in [0.1, 0.15) is 12.7 Å². The largest absolute Gasteiger partial charge is 0.376 e. The van der Waals surface area contributed by atoms with Crippen molar-refractivity contribution in [2.24, 2.45) is 0 Å². The zero-order chi connectivity index (χ0) is 16.5. The number of rotatable bonds is 3. The van der Waals surface area contributed by atoms with Crippen LogP contribution in [0.5, 0.6) is 0 Å². The SMILES string of the molecule is C[C@H]1CN2C[C@H](NC(=O)c3ccc(-n4cnnc4)cc3)C[C@H]2CO1. The van der Waals surface area contributed by atoms with Crippen molar-refractivity contribution in [1.82, 2.24) is 25.0 Å². The van der Waals surface area contributed by atoms with Crippen molar-refractivity contribution in [3.05, 3.63) is 42.5 Å². The Bertz CT molecular complexity index is 700. The summed E-state index contributed by atoms with van der Waals surface area (Å²) >= 11 is 0. The Morgan fingerprint density at radius 3 is 2.71 bits per heavy atom. The molecule has 2 fully saturated rings. The van der Waals surface area contributed by atoms with Crippen LogP contribution in [0.1, 0.15) is 23.7 Å². The van der Waals surface area contributed by atoms with Crippen LogP contribution in [-0.2, 0) is 4.74 Å². The standard InChI is InChI=1S/C17H21N5O2/c1-12-7-21-8-14(6-16(21)9-24-12)20-17(23)13-2-4-15(5-3-13)22-10-18-19-11-22/h2-5,10-12,14,16H,6-9H2,1H3,(H,20,23)/t12-,14+,16-/m0/s1. The number of nitrogens with zero attached hydrogens (tertiary/aromatic N) is 4. The van der Waals surface area contributed by atoms with Gasteiger partial charge in [0.2, 0.25) is 0 Å². The molecule has 7 nitrogen and oxygen atoms in total. The highest BCUT2D eigenvalue weighted by atomic mass is 16.5. The third-order valence-corrected chi connectivity index (χ3v) is 4.77. The van der Waals surface area contributed by atoms with E-state index in [1.807, 2.05) is 24.3 Å². The normalized spacial score (nSPS) is 27.0. The van der Waals surface area contributed by atoms with Crippen LogP contribution in [0.25, 0.3) is 5.69 Å². The summed E-state index contributed by atoms with van der Waals surface area (Å²) in [5.74, 6) is -0.0240. The lowest BCUT2D eigenvalue weighted by molar-refractivity contribution is -0.0390. The zero-order valence-corrected chi connectivity index (χ0v) is 13.6. The van der Waals surface area contributed by atoms with Crippen LogP contribution in [0.2, 0.25) is 0 Å². The number of ether oxygens (including phenoxy) is 1. The number of amides is 1. The maximum Gasteiger partial charge on any atom is 0.251 e. The van der Waals surface area contributed by atoms with E-state index in [9.17, 15) is 4.79 Å². The van der Waals surface area contributed by atoms with Gasteiger partial charge in [0.15, 0.2) is 0 Å². The minimum absolute atomic E-state index is 0.0240. The molecule has 3 heterocycles. The van der Waals surface area contributed by atoms with Gasteiger partial charge in [0, 0.05) is 36.4 Å². The summed E-state index contributed by atoms with van der Waals surface area (Å²) in [4.78, 5) is 14.9. The molecule has 1 amide bonds. The second-order valence-electron chi connectivity index (χ2n) is 6.57. The summed E-state index contributed by atoms with van der Waals surface area (Å²) in [7, 11) is 0. The van der Waals surface area contributed by atoms with E-state index in [4.69, 9.17) is 4.74 Å². The molecule has 3 atom stereocenters. The van der Waals surface area contributed by atoms with Gasteiger partial charge in [-0.2, -0.15) is 0 Å². The number of hydrogen-bond donors (Lipinski definition) is 1. The molecule has 126 valence electrons. The van der Waals surface area contributed by atoms with Crippen molar-refractivity contribution in [1.29, 1.82) is 0 Å². The van der Waals surface area contributed by atoms with E-state index in [1.54, 1.807) is 17.2 Å². The second-order valence-corrected chi connectivity index (χ2v) is 6.57. The Morgan fingerprint density at radius 1 is 1.21 bits per heavy atom. The number of nitrogens with one attached hydrogen (secondary N) is 1. The molecule has 4 rings (SSSR count). The minimum Gasteiger partial charge on any atom is -0.376 e. The summed E-state index contributed by atoms with van der Waals surface area (Å²) in [5.41, 5.74) is 1.60. The van der Waals surface area contributed by atoms with Crippen LogP contribution in [0.15, 0.2) is 36.9 Å². The summed E-state index contributed by atoms with van der Waals surface area (Å²) in [6, 6.07) is 8.07. The van der Waals surface area contributed by atoms with Crippen LogP contribution in [0.3, 0.4) is 0 Å². The molecule has 7 heteroatoms. The predicted molar refractivity (Wildman–Crippen MR) is 88.0 cm³/mol. The van der Waals surface area contributed by atoms with Gasteiger partial charge in [-0.05, 0) is 37.6 Å². The summed E-state index contributed by atoms with van der Waals surface area (Å²) in [6.07, 6.45) is 4.50. The van der Waals surface area contributed by atoms with Crippen molar-refractivity contribution in [3.63, 3.8) is 0 Å². The van der Waals surface area contributed by atoms with Crippen LogP contribution >= 0.6 is 0 Å². The highest BCUT2D eigenvalue weighted by Crippen LogP contribution is 2.23. The van der Waals surface area contributed by atoms with Gasteiger partial charge in [0.05, 0.1) is 12.7 Å². The molecule has 24 heavy (non-hydrogen) atoms. The van der Waals surface area contributed by atoms with Gasteiger partial charge in [-0.3, -0.25) is 14.3 Å². The van der Waals surface area contributed by atoms with E-state index in [1.165, 1.54) is 0 Å². The molecule has 0 saturated carbocycles.